The second-order valence-corrected chi connectivity index (χ2v) is 7.60. The van der Waals surface area contributed by atoms with Gasteiger partial charge in [-0.2, -0.15) is 0 Å². The highest BCUT2D eigenvalue weighted by molar-refractivity contribution is 9.10. The number of nitrogens with zero attached hydrogens (tertiary/aromatic N) is 1. The summed E-state index contributed by atoms with van der Waals surface area (Å²) in [7, 11) is 0. The largest absolute Gasteiger partial charge is 0.346 e. The van der Waals surface area contributed by atoms with E-state index >= 15 is 0 Å². The van der Waals surface area contributed by atoms with E-state index in [9.17, 15) is 0 Å². The maximum atomic E-state index is 5.42. The Kier molecular flexibility index (Phi) is 4.92. The summed E-state index contributed by atoms with van der Waals surface area (Å²) in [6.45, 7) is 0. The van der Waals surface area contributed by atoms with E-state index in [4.69, 9.17) is 12.2 Å². The van der Waals surface area contributed by atoms with Gasteiger partial charge in [0.1, 0.15) is 10.5 Å². The summed E-state index contributed by atoms with van der Waals surface area (Å²) < 4.78 is 2.74. The zero-order valence-electron chi connectivity index (χ0n) is 11.5. The fraction of sp³-hybridized carbons (Fsp3) is 0.375. The minimum absolute atomic E-state index is 0.591. The number of benzene rings is 1. The highest BCUT2D eigenvalue weighted by atomic mass is 79.9. The smallest absolute Gasteiger partial charge is 0.144 e. The molecule has 1 aliphatic carbocycles. The third-order valence-electron chi connectivity index (χ3n) is 3.99. The molecule has 1 aromatic carbocycles. The first kappa shape index (κ1) is 15.4. The summed E-state index contributed by atoms with van der Waals surface area (Å²) in [5, 5.41) is 0. The summed E-state index contributed by atoms with van der Waals surface area (Å²) in [6.07, 6.45) is 5.88. The lowest BCUT2D eigenvalue weighted by molar-refractivity contribution is 0.679. The molecule has 1 aromatic heterocycles. The molecule has 0 atom stereocenters. The van der Waals surface area contributed by atoms with Crippen molar-refractivity contribution in [3.05, 3.63) is 54.9 Å². The standard InChI is InChI=1S/C16H16Br2N2S/c17-12-7-5-10(6-8-12)9-13-19-15(11-3-1-2-4-11)14(18)16(21)20-13/h5-8,11H,1-4,9H2,(H,19,20,21). The highest BCUT2D eigenvalue weighted by Crippen LogP contribution is 2.36. The van der Waals surface area contributed by atoms with Crippen molar-refractivity contribution in [1.82, 2.24) is 9.97 Å². The molecule has 0 aliphatic heterocycles. The average molecular weight is 428 g/mol. The topological polar surface area (TPSA) is 28.7 Å². The van der Waals surface area contributed by atoms with Crippen LogP contribution in [0.4, 0.5) is 0 Å². The van der Waals surface area contributed by atoms with E-state index in [2.05, 4.69) is 66.1 Å². The molecular weight excluding hydrogens is 412 g/mol. The van der Waals surface area contributed by atoms with Gasteiger partial charge >= 0.3 is 0 Å². The van der Waals surface area contributed by atoms with Crippen LogP contribution in [0.1, 0.15) is 48.7 Å². The third kappa shape index (κ3) is 3.63. The second-order valence-electron chi connectivity index (χ2n) is 5.50. The lowest BCUT2D eigenvalue weighted by atomic mass is 10.0. The predicted octanol–water partition coefficient (Wildman–Crippen LogP) is 5.91. The molecule has 21 heavy (non-hydrogen) atoms. The lowest BCUT2D eigenvalue weighted by Gasteiger charge is -2.14. The molecule has 0 radical (unpaired) electrons. The van der Waals surface area contributed by atoms with Gasteiger partial charge in [-0.1, -0.05) is 53.1 Å². The molecular formula is C16H16Br2N2S. The molecule has 1 saturated carbocycles. The quantitative estimate of drug-likeness (QED) is 0.616. The van der Waals surface area contributed by atoms with Gasteiger partial charge in [0.2, 0.25) is 0 Å². The zero-order chi connectivity index (χ0) is 14.8. The Bertz CT molecular complexity index is 688. The maximum absolute atomic E-state index is 5.42. The van der Waals surface area contributed by atoms with Crippen molar-refractivity contribution in [2.45, 2.75) is 38.0 Å². The first-order chi connectivity index (χ1) is 10.1. The molecule has 0 amide bonds. The number of hydrogen-bond acceptors (Lipinski definition) is 2. The molecule has 3 rings (SSSR count). The summed E-state index contributed by atoms with van der Waals surface area (Å²) >= 11 is 12.5. The molecule has 1 fully saturated rings. The highest BCUT2D eigenvalue weighted by Gasteiger charge is 2.21. The summed E-state index contributed by atoms with van der Waals surface area (Å²) in [4.78, 5) is 8.05. The minimum atomic E-state index is 0.591. The van der Waals surface area contributed by atoms with Gasteiger partial charge in [-0.25, -0.2) is 4.98 Å². The van der Waals surface area contributed by atoms with E-state index < -0.39 is 0 Å². The molecule has 0 bridgehead atoms. The van der Waals surface area contributed by atoms with Gasteiger partial charge in [-0.15, -0.1) is 0 Å². The number of rotatable bonds is 3. The van der Waals surface area contributed by atoms with Gasteiger partial charge in [0.05, 0.1) is 4.47 Å². The molecule has 0 spiro atoms. The Morgan fingerprint density at radius 3 is 2.48 bits per heavy atom. The first-order valence-corrected chi connectivity index (χ1v) is 9.16. The van der Waals surface area contributed by atoms with Gasteiger partial charge in [-0.3, -0.25) is 0 Å². The Hall–Kier alpha value is -0.520. The van der Waals surface area contributed by atoms with Crippen LogP contribution in [0.3, 0.4) is 0 Å². The Morgan fingerprint density at radius 2 is 1.81 bits per heavy atom. The van der Waals surface area contributed by atoms with Crippen LogP contribution in [-0.2, 0) is 6.42 Å². The molecule has 0 saturated heterocycles. The number of halogens is 2. The van der Waals surface area contributed by atoms with Crippen molar-refractivity contribution in [1.29, 1.82) is 0 Å². The number of nitrogens with one attached hydrogen (secondary N) is 1. The summed E-state index contributed by atoms with van der Waals surface area (Å²) in [5.41, 5.74) is 2.47. The summed E-state index contributed by atoms with van der Waals surface area (Å²) in [6, 6.07) is 8.33. The monoisotopic (exact) mass is 426 g/mol. The van der Waals surface area contributed by atoms with E-state index in [-0.39, 0.29) is 0 Å². The molecule has 1 N–H and O–H groups in total. The first-order valence-electron chi connectivity index (χ1n) is 7.16. The van der Waals surface area contributed by atoms with Crippen molar-refractivity contribution < 1.29 is 0 Å². The molecule has 0 unspecified atom stereocenters. The Morgan fingerprint density at radius 1 is 1.14 bits per heavy atom. The number of aromatic nitrogens is 2. The van der Waals surface area contributed by atoms with Crippen molar-refractivity contribution in [2.24, 2.45) is 0 Å². The van der Waals surface area contributed by atoms with Crippen LogP contribution in [0.15, 0.2) is 33.2 Å². The molecule has 1 aliphatic rings. The van der Waals surface area contributed by atoms with E-state index in [0.29, 0.717) is 10.6 Å². The lowest BCUT2D eigenvalue weighted by Crippen LogP contribution is -2.05. The van der Waals surface area contributed by atoms with Crippen LogP contribution >= 0.6 is 44.1 Å². The average Bonchev–Trinajstić information content (AvgIpc) is 2.99. The van der Waals surface area contributed by atoms with Crippen molar-refractivity contribution in [2.75, 3.05) is 0 Å². The van der Waals surface area contributed by atoms with E-state index in [1.165, 1.54) is 36.9 Å². The van der Waals surface area contributed by atoms with Crippen molar-refractivity contribution >= 4 is 44.1 Å². The fourth-order valence-corrected chi connectivity index (χ4v) is 3.90. The van der Waals surface area contributed by atoms with Crippen LogP contribution in [-0.4, -0.2) is 9.97 Å². The third-order valence-corrected chi connectivity index (χ3v) is 5.88. The minimum Gasteiger partial charge on any atom is -0.346 e. The van der Waals surface area contributed by atoms with E-state index in [0.717, 1.165) is 21.2 Å². The molecule has 2 nitrogen and oxygen atoms in total. The van der Waals surface area contributed by atoms with Crippen molar-refractivity contribution in [3.63, 3.8) is 0 Å². The molecule has 110 valence electrons. The van der Waals surface area contributed by atoms with Crippen molar-refractivity contribution in [3.8, 4) is 0 Å². The fourth-order valence-electron chi connectivity index (χ4n) is 2.90. The van der Waals surface area contributed by atoms with Gasteiger partial charge in [0.25, 0.3) is 0 Å². The molecule has 2 aromatic rings. The Balaban J connectivity index is 1.92. The van der Waals surface area contributed by atoms with Gasteiger partial charge < -0.3 is 4.98 Å². The van der Waals surface area contributed by atoms with Crippen LogP contribution in [0, 0.1) is 4.64 Å². The zero-order valence-corrected chi connectivity index (χ0v) is 15.5. The van der Waals surface area contributed by atoms with E-state index in [1.807, 2.05) is 0 Å². The summed E-state index contributed by atoms with van der Waals surface area (Å²) in [5.74, 6) is 1.54. The van der Waals surface area contributed by atoms with Gasteiger partial charge in [0, 0.05) is 22.5 Å². The van der Waals surface area contributed by atoms with E-state index in [1.54, 1.807) is 0 Å². The second kappa shape index (κ2) is 6.71. The number of aromatic amines is 1. The predicted molar refractivity (Wildman–Crippen MR) is 95.3 cm³/mol. The van der Waals surface area contributed by atoms with Crippen LogP contribution in [0.5, 0.6) is 0 Å². The molecule has 5 heteroatoms. The van der Waals surface area contributed by atoms with Gasteiger partial charge in [0.15, 0.2) is 0 Å². The normalized spacial score (nSPS) is 15.5. The van der Waals surface area contributed by atoms with Gasteiger partial charge in [-0.05, 0) is 46.5 Å². The van der Waals surface area contributed by atoms with Crippen LogP contribution < -0.4 is 0 Å². The van der Waals surface area contributed by atoms with Crippen LogP contribution in [0.2, 0.25) is 0 Å². The number of hydrogen-bond donors (Lipinski definition) is 1. The SMILES string of the molecule is S=c1nc(Cc2ccc(Br)cc2)[nH]c(C2CCCC2)c1Br. The molecule has 1 heterocycles. The Labute approximate surface area is 146 Å². The number of H-pyrrole nitrogens is 1. The maximum Gasteiger partial charge on any atom is 0.144 e. The van der Waals surface area contributed by atoms with Crippen LogP contribution in [0.25, 0.3) is 0 Å².